The number of carbonyl (C=O) groups excluding carboxylic acids is 1. The molecule has 0 aliphatic heterocycles. The van der Waals surface area contributed by atoms with E-state index in [9.17, 15) is 14.7 Å². The van der Waals surface area contributed by atoms with Crippen molar-refractivity contribution in [2.75, 3.05) is 32.9 Å². The highest BCUT2D eigenvalue weighted by Crippen LogP contribution is 2.27. The van der Waals surface area contributed by atoms with Crippen LogP contribution in [0.1, 0.15) is 34.9 Å². The Morgan fingerprint density at radius 1 is 1.45 bits per heavy atom. The predicted octanol–water partition coefficient (Wildman–Crippen LogP) is 2.10. The zero-order chi connectivity index (χ0) is 23.0. The lowest BCUT2D eigenvalue weighted by atomic mass is 10.2. The summed E-state index contributed by atoms with van der Waals surface area (Å²) in [6.07, 6.45) is 5.92. The highest BCUT2D eigenvalue weighted by atomic mass is 32.1. The van der Waals surface area contributed by atoms with Gasteiger partial charge in [-0.25, -0.2) is 9.78 Å². The Morgan fingerprint density at radius 2 is 2.19 bits per heavy atom. The van der Waals surface area contributed by atoms with E-state index in [1.807, 2.05) is 4.90 Å². The molecule has 0 bridgehead atoms. The van der Waals surface area contributed by atoms with Crippen LogP contribution >= 0.6 is 11.3 Å². The summed E-state index contributed by atoms with van der Waals surface area (Å²) in [7, 11) is 0. The zero-order valence-corrected chi connectivity index (χ0v) is 19.0. The van der Waals surface area contributed by atoms with Gasteiger partial charge in [0, 0.05) is 13.1 Å². The number of esters is 1. The van der Waals surface area contributed by atoms with Gasteiger partial charge in [0.2, 0.25) is 0 Å². The van der Waals surface area contributed by atoms with Crippen LogP contribution in [0.15, 0.2) is 17.4 Å². The Balaban J connectivity index is 2.25. The van der Waals surface area contributed by atoms with Gasteiger partial charge in [-0.15, -0.1) is 17.8 Å². The quantitative estimate of drug-likeness (QED) is 0.222. The maximum Gasteiger partial charge on any atom is 0.348 e. The van der Waals surface area contributed by atoms with Crippen molar-refractivity contribution in [3.05, 3.63) is 39.3 Å². The second-order valence-electron chi connectivity index (χ2n) is 7.60. The number of aliphatic hydroxyl groups is 1. The lowest BCUT2D eigenvalue weighted by molar-refractivity contribution is 0.0232. The molecule has 2 aromatic heterocycles. The summed E-state index contributed by atoms with van der Waals surface area (Å²) in [5.41, 5.74) is 0.244. The summed E-state index contributed by atoms with van der Waals surface area (Å²) >= 11 is 1.13. The van der Waals surface area contributed by atoms with Gasteiger partial charge >= 0.3 is 5.97 Å². The highest BCUT2D eigenvalue weighted by molar-refractivity contribution is 7.20. The second-order valence-corrected chi connectivity index (χ2v) is 8.60. The molecule has 1 atom stereocenters. The number of thiophene rings is 1. The van der Waals surface area contributed by atoms with Crippen molar-refractivity contribution in [1.29, 1.82) is 0 Å². The molecule has 0 saturated carbocycles. The number of ether oxygens (including phenoxy) is 2. The molecule has 1 unspecified atom stereocenters. The van der Waals surface area contributed by atoms with Gasteiger partial charge in [0.15, 0.2) is 0 Å². The largest absolute Gasteiger partial charge is 0.457 e. The molecular formula is C22H29N3O5S. The lowest BCUT2D eigenvalue weighted by Gasteiger charge is -2.26. The van der Waals surface area contributed by atoms with Crippen molar-refractivity contribution >= 4 is 27.5 Å². The van der Waals surface area contributed by atoms with Gasteiger partial charge in [0.25, 0.3) is 5.56 Å². The second kappa shape index (κ2) is 11.8. The molecule has 0 aromatic carbocycles. The van der Waals surface area contributed by atoms with Gasteiger partial charge in [-0.05, 0) is 18.4 Å². The predicted molar refractivity (Wildman–Crippen MR) is 121 cm³/mol. The van der Waals surface area contributed by atoms with Crippen molar-refractivity contribution in [3.8, 4) is 12.3 Å². The smallest absolute Gasteiger partial charge is 0.348 e. The van der Waals surface area contributed by atoms with Crippen LogP contribution in [0.25, 0.3) is 10.2 Å². The number of fused-ring (bicyclic) bond motifs is 1. The Kier molecular flexibility index (Phi) is 9.40. The molecule has 0 aliphatic rings. The number of aliphatic hydroxyl groups excluding tert-OH is 1. The topological polar surface area (TPSA) is 105 Å². The van der Waals surface area contributed by atoms with Crippen LogP contribution in [0.5, 0.6) is 0 Å². The normalized spacial score (nSPS) is 12.3. The Labute approximate surface area is 185 Å². The first kappa shape index (κ1) is 24.8. The van der Waals surface area contributed by atoms with E-state index in [1.54, 1.807) is 6.92 Å². The van der Waals surface area contributed by atoms with E-state index < -0.39 is 12.1 Å². The third-order valence-corrected chi connectivity index (χ3v) is 5.49. The zero-order valence-electron chi connectivity index (χ0n) is 18.1. The SMILES string of the molecule is C#CCOCC(O)CN(Cc1nc2sc(C(=O)OCC=C)c(C)c2c(=O)[nH]1)CC(C)C. The van der Waals surface area contributed by atoms with E-state index in [1.165, 1.54) is 6.08 Å². The molecule has 9 heteroatoms. The molecule has 168 valence electrons. The monoisotopic (exact) mass is 447 g/mol. The van der Waals surface area contributed by atoms with Crippen LogP contribution in [0.2, 0.25) is 0 Å². The van der Waals surface area contributed by atoms with Crippen LogP contribution in [0, 0.1) is 25.2 Å². The molecule has 0 fully saturated rings. The average molecular weight is 448 g/mol. The van der Waals surface area contributed by atoms with Gasteiger partial charge in [0.05, 0.1) is 24.6 Å². The van der Waals surface area contributed by atoms with Gasteiger partial charge in [0.1, 0.15) is 28.7 Å². The molecule has 0 radical (unpaired) electrons. The maximum absolute atomic E-state index is 12.7. The number of rotatable bonds is 12. The fourth-order valence-electron chi connectivity index (χ4n) is 3.19. The Bertz CT molecular complexity index is 1000. The third-order valence-electron chi connectivity index (χ3n) is 4.33. The summed E-state index contributed by atoms with van der Waals surface area (Å²) < 4.78 is 10.3. The number of nitrogens with zero attached hydrogens (tertiary/aromatic N) is 2. The molecule has 31 heavy (non-hydrogen) atoms. The minimum Gasteiger partial charge on any atom is -0.457 e. The standard InChI is InChI=1S/C22H29N3O5S/c1-6-8-29-13-16(26)11-25(10-14(3)4)12-17-23-20(27)18-15(5)19(31-21(18)24-17)22(28)30-9-7-2/h1,7,14,16,26H,2,8-13H2,3-5H3,(H,23,24,27). The molecular weight excluding hydrogens is 418 g/mol. The molecule has 2 N–H and O–H groups in total. The average Bonchev–Trinajstić information content (AvgIpc) is 3.02. The van der Waals surface area contributed by atoms with Crippen molar-refractivity contribution in [3.63, 3.8) is 0 Å². The van der Waals surface area contributed by atoms with Gasteiger partial charge in [-0.2, -0.15) is 0 Å². The van der Waals surface area contributed by atoms with Gasteiger partial charge < -0.3 is 19.6 Å². The number of aromatic amines is 1. The minimum absolute atomic E-state index is 0.0963. The molecule has 8 nitrogen and oxygen atoms in total. The van der Waals surface area contributed by atoms with E-state index in [2.05, 4.69) is 36.3 Å². The van der Waals surface area contributed by atoms with E-state index >= 15 is 0 Å². The van der Waals surface area contributed by atoms with Crippen LogP contribution in [0.4, 0.5) is 0 Å². The first-order valence-corrected chi connectivity index (χ1v) is 10.8. The van der Waals surface area contributed by atoms with Crippen LogP contribution in [-0.4, -0.2) is 65.0 Å². The van der Waals surface area contributed by atoms with Crippen molar-refractivity contribution in [2.24, 2.45) is 5.92 Å². The van der Waals surface area contributed by atoms with Crippen LogP contribution in [0.3, 0.4) is 0 Å². The number of terminal acetylenes is 1. The van der Waals surface area contributed by atoms with Crippen molar-refractivity contribution in [1.82, 2.24) is 14.9 Å². The number of aromatic nitrogens is 2. The summed E-state index contributed by atoms with van der Waals surface area (Å²) in [6.45, 7) is 11.1. The van der Waals surface area contributed by atoms with Crippen molar-refractivity contribution < 1.29 is 19.4 Å². The summed E-state index contributed by atoms with van der Waals surface area (Å²) in [5, 5.41) is 10.6. The van der Waals surface area contributed by atoms with Crippen LogP contribution < -0.4 is 5.56 Å². The lowest BCUT2D eigenvalue weighted by Crippen LogP contribution is -2.37. The summed E-state index contributed by atoms with van der Waals surface area (Å²) in [6, 6.07) is 0. The highest BCUT2D eigenvalue weighted by Gasteiger charge is 2.21. The number of aryl methyl sites for hydroxylation is 1. The third kappa shape index (κ3) is 7.01. The van der Waals surface area contributed by atoms with E-state index in [-0.39, 0.29) is 25.4 Å². The molecule has 0 amide bonds. The van der Waals surface area contributed by atoms with Crippen LogP contribution in [-0.2, 0) is 16.0 Å². The first-order valence-electron chi connectivity index (χ1n) is 9.98. The van der Waals surface area contributed by atoms with Crippen molar-refractivity contribution in [2.45, 2.75) is 33.4 Å². The minimum atomic E-state index is -0.724. The molecule has 2 rings (SSSR count). The molecule has 0 spiro atoms. The number of hydrogen-bond acceptors (Lipinski definition) is 8. The van der Waals surface area contributed by atoms with E-state index in [0.717, 1.165) is 11.3 Å². The molecule has 2 heterocycles. The fourth-order valence-corrected chi connectivity index (χ4v) is 4.29. The van der Waals surface area contributed by atoms with Gasteiger partial charge in [-0.3, -0.25) is 9.69 Å². The fraction of sp³-hybridized carbons (Fsp3) is 0.500. The Morgan fingerprint density at radius 3 is 2.84 bits per heavy atom. The van der Waals surface area contributed by atoms with E-state index in [4.69, 9.17) is 15.9 Å². The van der Waals surface area contributed by atoms with Gasteiger partial charge in [-0.1, -0.05) is 32.4 Å². The number of nitrogens with one attached hydrogen (secondary N) is 1. The number of H-pyrrole nitrogens is 1. The molecule has 0 saturated heterocycles. The molecule has 2 aromatic rings. The Hall–Kier alpha value is -2.51. The summed E-state index contributed by atoms with van der Waals surface area (Å²) in [5.74, 6) is 2.66. The number of carbonyl (C=O) groups is 1. The van der Waals surface area contributed by atoms with E-state index in [0.29, 0.717) is 52.0 Å². The molecule has 0 aliphatic carbocycles. The maximum atomic E-state index is 12.7. The number of hydrogen-bond donors (Lipinski definition) is 2. The summed E-state index contributed by atoms with van der Waals surface area (Å²) in [4.78, 5) is 35.2. The first-order chi connectivity index (χ1) is 14.8.